The van der Waals surface area contributed by atoms with E-state index in [1.165, 1.54) is 41.3 Å². The van der Waals surface area contributed by atoms with Crippen molar-refractivity contribution >= 4 is 29.3 Å². The number of aliphatic hydroxyl groups excluding tert-OH is 1. The lowest BCUT2D eigenvalue weighted by Crippen LogP contribution is -2.30. The summed E-state index contributed by atoms with van der Waals surface area (Å²) in [5.74, 6) is -1.72. The van der Waals surface area contributed by atoms with Gasteiger partial charge in [0.2, 0.25) is 5.82 Å². The predicted molar refractivity (Wildman–Crippen MR) is 117 cm³/mol. The highest BCUT2D eigenvalue weighted by molar-refractivity contribution is 6.31. The number of fused-ring (bicyclic) bond motifs is 1. The van der Waals surface area contributed by atoms with E-state index in [0.717, 1.165) is 0 Å². The first-order chi connectivity index (χ1) is 16.2. The molecule has 0 aliphatic carbocycles. The van der Waals surface area contributed by atoms with Crippen LogP contribution in [0.25, 0.3) is 0 Å². The van der Waals surface area contributed by atoms with Gasteiger partial charge in [-0.3, -0.25) is 15.2 Å². The average molecular weight is 492 g/mol. The molecule has 0 saturated carbocycles. The van der Waals surface area contributed by atoms with E-state index in [1.54, 1.807) is 7.05 Å². The maximum Gasteiger partial charge on any atom is 0.412 e. The quantitative estimate of drug-likeness (QED) is 0.460. The van der Waals surface area contributed by atoms with Crippen LogP contribution < -0.4 is 5.32 Å². The Morgan fingerprint density at radius 1 is 1.26 bits per heavy atom. The van der Waals surface area contributed by atoms with Crippen molar-refractivity contribution in [3.8, 4) is 0 Å². The first kappa shape index (κ1) is 23.6. The standard InChI is InChI=1S/C22H20ClF2N5O4/c1-30(10-2-3-15-16-14(26-22(33)34-15)9-8-13(23)17(16)25)21(32)20-27-19(28-29-20)18(31)11-4-6-12(24)7-5-11/h4-9,15,18,31H,2-3,10H2,1H3,(H,26,33)(H,27,28,29). The van der Waals surface area contributed by atoms with Gasteiger partial charge in [0.15, 0.2) is 11.6 Å². The molecule has 1 aromatic heterocycles. The summed E-state index contributed by atoms with van der Waals surface area (Å²) in [4.78, 5) is 29.9. The summed E-state index contributed by atoms with van der Waals surface area (Å²) in [7, 11) is 1.54. The first-order valence-electron chi connectivity index (χ1n) is 10.3. The zero-order valence-electron chi connectivity index (χ0n) is 17.9. The largest absolute Gasteiger partial charge is 0.441 e. The van der Waals surface area contributed by atoms with Gasteiger partial charge in [-0.2, -0.15) is 5.10 Å². The number of ether oxygens (including phenoxy) is 1. The van der Waals surface area contributed by atoms with Crippen molar-refractivity contribution in [2.75, 3.05) is 18.9 Å². The number of benzene rings is 2. The molecule has 4 rings (SSSR count). The number of cyclic esters (lactones) is 1. The smallest absolute Gasteiger partial charge is 0.412 e. The topological polar surface area (TPSA) is 120 Å². The molecule has 2 aromatic carbocycles. The third-order valence-electron chi connectivity index (χ3n) is 5.38. The van der Waals surface area contributed by atoms with Crippen molar-refractivity contribution in [2.24, 2.45) is 0 Å². The summed E-state index contributed by atoms with van der Waals surface area (Å²) in [6.45, 7) is 0.244. The van der Waals surface area contributed by atoms with E-state index >= 15 is 0 Å². The summed E-state index contributed by atoms with van der Waals surface area (Å²) in [5, 5.41) is 19.1. The lowest BCUT2D eigenvalue weighted by atomic mass is 10.0. The van der Waals surface area contributed by atoms with Gasteiger partial charge < -0.3 is 14.7 Å². The summed E-state index contributed by atoms with van der Waals surface area (Å²) in [5.41, 5.74) is 0.828. The van der Waals surface area contributed by atoms with Crippen molar-refractivity contribution in [2.45, 2.75) is 25.0 Å². The molecule has 9 nitrogen and oxygen atoms in total. The Bertz CT molecular complexity index is 1220. The van der Waals surface area contributed by atoms with Crippen LogP contribution in [-0.2, 0) is 4.74 Å². The van der Waals surface area contributed by atoms with Crippen molar-refractivity contribution < 1.29 is 28.2 Å². The molecule has 34 heavy (non-hydrogen) atoms. The highest BCUT2D eigenvalue weighted by Crippen LogP contribution is 2.38. The second-order valence-corrected chi connectivity index (χ2v) is 8.11. The number of aromatic nitrogens is 3. The number of hydrogen-bond acceptors (Lipinski definition) is 6. The number of carbonyl (C=O) groups is 2. The van der Waals surface area contributed by atoms with Crippen LogP contribution in [0, 0.1) is 11.6 Å². The first-order valence-corrected chi connectivity index (χ1v) is 10.7. The van der Waals surface area contributed by atoms with Gasteiger partial charge in [-0.1, -0.05) is 23.7 Å². The molecule has 2 amide bonds. The van der Waals surface area contributed by atoms with E-state index in [4.69, 9.17) is 16.3 Å². The van der Waals surface area contributed by atoms with Crippen LogP contribution in [-0.4, -0.2) is 50.8 Å². The molecule has 12 heteroatoms. The van der Waals surface area contributed by atoms with E-state index in [1.807, 2.05) is 0 Å². The van der Waals surface area contributed by atoms with Crippen LogP contribution in [0.4, 0.5) is 19.3 Å². The number of halogens is 3. The number of nitrogens with zero attached hydrogens (tertiary/aromatic N) is 3. The van der Waals surface area contributed by atoms with Crippen LogP contribution in [0.15, 0.2) is 36.4 Å². The minimum absolute atomic E-state index is 0.0334. The van der Waals surface area contributed by atoms with E-state index in [0.29, 0.717) is 17.7 Å². The predicted octanol–water partition coefficient (Wildman–Crippen LogP) is 3.97. The number of H-pyrrole nitrogens is 1. The molecule has 2 heterocycles. The van der Waals surface area contributed by atoms with Crippen LogP contribution in [0.1, 0.15) is 52.6 Å². The van der Waals surface area contributed by atoms with Gasteiger partial charge in [0.05, 0.1) is 16.3 Å². The monoisotopic (exact) mass is 491 g/mol. The average Bonchev–Trinajstić information content (AvgIpc) is 3.31. The maximum absolute atomic E-state index is 14.5. The lowest BCUT2D eigenvalue weighted by Gasteiger charge is -2.27. The molecule has 2 unspecified atom stereocenters. The third-order valence-corrected chi connectivity index (χ3v) is 5.67. The molecule has 178 valence electrons. The highest BCUT2D eigenvalue weighted by atomic mass is 35.5. The zero-order chi connectivity index (χ0) is 24.4. The minimum Gasteiger partial charge on any atom is -0.441 e. The number of carbonyl (C=O) groups excluding carboxylic acids is 2. The number of hydrogen-bond donors (Lipinski definition) is 3. The fourth-order valence-electron chi connectivity index (χ4n) is 3.60. The maximum atomic E-state index is 14.5. The van der Waals surface area contributed by atoms with Crippen molar-refractivity contribution in [1.82, 2.24) is 20.1 Å². The second kappa shape index (κ2) is 9.74. The Labute approximate surface area is 197 Å². The Morgan fingerprint density at radius 3 is 2.74 bits per heavy atom. The molecule has 0 saturated heterocycles. The molecule has 2 atom stereocenters. The van der Waals surface area contributed by atoms with Crippen LogP contribution in [0.5, 0.6) is 0 Å². The van der Waals surface area contributed by atoms with Crippen LogP contribution >= 0.6 is 11.6 Å². The summed E-state index contributed by atoms with van der Waals surface area (Å²) in [6, 6.07) is 8.04. The van der Waals surface area contributed by atoms with E-state index < -0.39 is 35.8 Å². The van der Waals surface area contributed by atoms with Gasteiger partial charge in [-0.25, -0.2) is 18.6 Å². The normalized spacial score (nSPS) is 15.8. The summed E-state index contributed by atoms with van der Waals surface area (Å²) < 4.78 is 32.8. The molecular formula is C22H20ClF2N5O4. The summed E-state index contributed by atoms with van der Waals surface area (Å²) >= 11 is 5.86. The molecular weight excluding hydrogens is 472 g/mol. The number of anilines is 1. The van der Waals surface area contributed by atoms with Gasteiger partial charge in [-0.05, 0) is 42.7 Å². The Kier molecular flexibility index (Phi) is 6.75. The van der Waals surface area contributed by atoms with Gasteiger partial charge >= 0.3 is 6.09 Å². The van der Waals surface area contributed by atoms with Crippen LogP contribution in [0.2, 0.25) is 5.02 Å². The lowest BCUT2D eigenvalue weighted by molar-refractivity contribution is 0.0749. The molecule has 1 aliphatic heterocycles. The second-order valence-electron chi connectivity index (χ2n) is 7.71. The van der Waals surface area contributed by atoms with Gasteiger partial charge in [-0.15, -0.1) is 0 Å². The van der Waals surface area contributed by atoms with Gasteiger partial charge in [0.25, 0.3) is 5.91 Å². The Morgan fingerprint density at radius 2 is 2.00 bits per heavy atom. The minimum atomic E-state index is -1.24. The molecule has 0 fully saturated rings. The number of aromatic amines is 1. The fraction of sp³-hybridized carbons (Fsp3) is 0.273. The Balaban J connectivity index is 1.37. The number of amides is 2. The molecule has 0 bridgehead atoms. The number of aliphatic hydroxyl groups is 1. The molecule has 0 radical (unpaired) electrons. The van der Waals surface area contributed by atoms with E-state index in [2.05, 4.69) is 20.5 Å². The summed E-state index contributed by atoms with van der Waals surface area (Å²) in [6.07, 6.45) is -2.16. The van der Waals surface area contributed by atoms with E-state index in [-0.39, 0.29) is 35.2 Å². The van der Waals surface area contributed by atoms with Crippen LogP contribution in [0.3, 0.4) is 0 Å². The zero-order valence-corrected chi connectivity index (χ0v) is 18.6. The third kappa shape index (κ3) is 4.85. The SMILES string of the molecule is CN(CCCC1OC(=O)Nc2ccc(Cl)c(F)c21)C(=O)c1nc(C(O)c2ccc(F)cc2)n[nH]1. The molecule has 3 N–H and O–H groups in total. The number of nitrogens with one attached hydrogen (secondary N) is 2. The van der Waals surface area contributed by atoms with Gasteiger partial charge in [0.1, 0.15) is 18.0 Å². The fourth-order valence-corrected chi connectivity index (χ4v) is 3.77. The van der Waals surface area contributed by atoms with Gasteiger partial charge in [0, 0.05) is 13.6 Å². The van der Waals surface area contributed by atoms with Crippen molar-refractivity contribution in [3.63, 3.8) is 0 Å². The molecule has 3 aromatic rings. The molecule has 0 spiro atoms. The molecule has 1 aliphatic rings. The highest BCUT2D eigenvalue weighted by Gasteiger charge is 2.30. The van der Waals surface area contributed by atoms with Crippen molar-refractivity contribution in [1.29, 1.82) is 0 Å². The number of rotatable bonds is 7. The van der Waals surface area contributed by atoms with Crippen molar-refractivity contribution in [3.05, 3.63) is 75.8 Å². The van der Waals surface area contributed by atoms with E-state index in [9.17, 15) is 23.5 Å². The Hall–Kier alpha value is -3.57.